The van der Waals surface area contributed by atoms with Crippen molar-refractivity contribution in [2.24, 2.45) is 0 Å². The number of hydrogen-bond acceptors (Lipinski definition) is 3. The van der Waals surface area contributed by atoms with E-state index in [0.717, 1.165) is 18.5 Å². The molecule has 0 amide bonds. The molecule has 24 heavy (non-hydrogen) atoms. The standard InChI is InChI=1S/C15H13ClF3NO3S/c1-24(22,23)12-7-20(8-2-3-10(17)9(16)6-8)11-4-5-15(18,19)14(21)13(11)12/h2-3,6-7,14,21H,4-5H2,1H3. The molecule has 1 heterocycles. The summed E-state index contributed by atoms with van der Waals surface area (Å²) >= 11 is 5.74. The molecular weight excluding hydrogens is 367 g/mol. The average molecular weight is 380 g/mol. The second-order valence-electron chi connectivity index (χ2n) is 5.76. The molecule has 130 valence electrons. The molecule has 1 unspecified atom stereocenters. The number of alkyl halides is 2. The number of rotatable bonds is 2. The van der Waals surface area contributed by atoms with Crippen LogP contribution in [0.15, 0.2) is 29.3 Å². The highest BCUT2D eigenvalue weighted by Crippen LogP contribution is 2.45. The normalized spacial score (nSPS) is 20.0. The molecule has 0 fully saturated rings. The third kappa shape index (κ3) is 2.72. The van der Waals surface area contributed by atoms with Gasteiger partial charge in [0, 0.05) is 35.8 Å². The number of aliphatic hydroxyl groups excluding tert-OH is 1. The molecule has 2 aromatic rings. The highest BCUT2D eigenvalue weighted by molar-refractivity contribution is 7.90. The fraction of sp³-hybridized carbons (Fsp3) is 0.333. The van der Waals surface area contributed by atoms with E-state index in [4.69, 9.17) is 11.6 Å². The molecule has 1 aliphatic rings. The third-order valence-electron chi connectivity index (χ3n) is 4.06. The lowest BCUT2D eigenvalue weighted by atomic mass is 9.91. The van der Waals surface area contributed by atoms with Gasteiger partial charge in [0.1, 0.15) is 11.9 Å². The molecule has 0 saturated carbocycles. The van der Waals surface area contributed by atoms with Gasteiger partial charge in [0.25, 0.3) is 5.92 Å². The Balaban J connectivity index is 2.29. The van der Waals surface area contributed by atoms with Crippen LogP contribution in [-0.2, 0) is 16.3 Å². The first-order valence-electron chi connectivity index (χ1n) is 6.98. The monoisotopic (exact) mass is 379 g/mol. The molecule has 0 spiro atoms. The number of hydrogen-bond donors (Lipinski definition) is 1. The molecule has 0 aliphatic heterocycles. The third-order valence-corrected chi connectivity index (χ3v) is 5.48. The van der Waals surface area contributed by atoms with E-state index in [1.165, 1.54) is 16.7 Å². The Morgan fingerprint density at radius 3 is 2.62 bits per heavy atom. The van der Waals surface area contributed by atoms with E-state index in [2.05, 4.69) is 0 Å². The molecule has 9 heteroatoms. The Morgan fingerprint density at radius 2 is 2.04 bits per heavy atom. The average Bonchev–Trinajstić information content (AvgIpc) is 2.86. The Labute approximate surface area is 141 Å². The molecule has 1 aromatic carbocycles. The predicted octanol–water partition coefficient (Wildman–Crippen LogP) is 3.29. The summed E-state index contributed by atoms with van der Waals surface area (Å²) in [5.41, 5.74) is 0.260. The Hall–Kier alpha value is -1.51. The van der Waals surface area contributed by atoms with Crippen LogP contribution in [0.1, 0.15) is 23.8 Å². The largest absolute Gasteiger partial charge is 0.382 e. The zero-order valence-corrected chi connectivity index (χ0v) is 14.0. The number of sulfone groups is 1. The lowest BCUT2D eigenvalue weighted by Crippen LogP contribution is -2.32. The van der Waals surface area contributed by atoms with E-state index < -0.39 is 34.1 Å². The van der Waals surface area contributed by atoms with Crippen LogP contribution in [0.3, 0.4) is 0 Å². The van der Waals surface area contributed by atoms with Gasteiger partial charge < -0.3 is 9.67 Å². The van der Waals surface area contributed by atoms with Gasteiger partial charge in [0.2, 0.25) is 0 Å². The van der Waals surface area contributed by atoms with Gasteiger partial charge in [-0.05, 0) is 24.6 Å². The lowest BCUT2D eigenvalue weighted by molar-refractivity contribution is -0.123. The first-order chi connectivity index (χ1) is 11.0. The SMILES string of the molecule is CS(=O)(=O)c1cn(-c2ccc(F)c(Cl)c2)c2c1C(O)C(F)(F)CC2. The smallest absolute Gasteiger partial charge is 0.278 e. The summed E-state index contributed by atoms with van der Waals surface area (Å²) in [6.45, 7) is 0. The predicted molar refractivity (Wildman–Crippen MR) is 82.1 cm³/mol. The maximum Gasteiger partial charge on any atom is 0.278 e. The summed E-state index contributed by atoms with van der Waals surface area (Å²) in [7, 11) is -3.85. The molecule has 4 nitrogen and oxygen atoms in total. The van der Waals surface area contributed by atoms with E-state index in [1.54, 1.807) is 0 Å². The second-order valence-corrected chi connectivity index (χ2v) is 8.15. The van der Waals surface area contributed by atoms with Crippen LogP contribution < -0.4 is 0 Å². The zero-order chi connectivity index (χ0) is 17.9. The quantitative estimate of drug-likeness (QED) is 0.871. The zero-order valence-electron chi connectivity index (χ0n) is 12.4. The van der Waals surface area contributed by atoms with Crippen molar-refractivity contribution in [3.63, 3.8) is 0 Å². The summed E-state index contributed by atoms with van der Waals surface area (Å²) in [5.74, 6) is -4.07. The van der Waals surface area contributed by atoms with Crippen molar-refractivity contribution in [1.82, 2.24) is 4.57 Å². The van der Waals surface area contributed by atoms with Crippen LogP contribution in [0.25, 0.3) is 5.69 Å². The highest BCUT2D eigenvalue weighted by Gasteiger charge is 2.47. The van der Waals surface area contributed by atoms with Crippen LogP contribution in [0.5, 0.6) is 0 Å². The van der Waals surface area contributed by atoms with Crippen molar-refractivity contribution in [2.45, 2.75) is 29.8 Å². The van der Waals surface area contributed by atoms with E-state index in [-0.39, 0.29) is 27.6 Å². The second kappa shape index (κ2) is 5.50. The van der Waals surface area contributed by atoms with Gasteiger partial charge >= 0.3 is 0 Å². The summed E-state index contributed by atoms with van der Waals surface area (Å²) in [5, 5.41) is 9.80. The molecule has 3 rings (SSSR count). The number of halogens is 4. The van der Waals surface area contributed by atoms with Crippen molar-refractivity contribution in [1.29, 1.82) is 0 Å². The summed E-state index contributed by atoms with van der Waals surface area (Å²) in [4.78, 5) is -0.371. The number of fused-ring (bicyclic) bond motifs is 1. The summed E-state index contributed by atoms with van der Waals surface area (Å²) < 4.78 is 66.3. The van der Waals surface area contributed by atoms with Gasteiger partial charge in [-0.25, -0.2) is 21.6 Å². The maximum atomic E-state index is 13.8. The molecular formula is C15H13ClF3NO3S. The number of aromatic nitrogens is 1. The van der Waals surface area contributed by atoms with E-state index in [0.29, 0.717) is 5.69 Å². The minimum absolute atomic E-state index is 0.135. The molecule has 1 N–H and O–H groups in total. The van der Waals surface area contributed by atoms with Crippen LogP contribution in [0.4, 0.5) is 13.2 Å². The van der Waals surface area contributed by atoms with E-state index in [1.807, 2.05) is 0 Å². The number of aliphatic hydroxyl groups is 1. The van der Waals surface area contributed by atoms with E-state index >= 15 is 0 Å². The Bertz CT molecular complexity index is 924. The maximum absolute atomic E-state index is 13.8. The van der Waals surface area contributed by atoms with Crippen molar-refractivity contribution in [3.05, 3.63) is 46.5 Å². The van der Waals surface area contributed by atoms with E-state index in [9.17, 15) is 26.7 Å². The molecule has 1 aliphatic carbocycles. The highest BCUT2D eigenvalue weighted by atomic mass is 35.5. The van der Waals surface area contributed by atoms with Crippen LogP contribution in [-0.4, -0.2) is 30.3 Å². The van der Waals surface area contributed by atoms with Crippen molar-refractivity contribution in [3.8, 4) is 5.69 Å². The van der Waals surface area contributed by atoms with Gasteiger partial charge in [-0.1, -0.05) is 11.6 Å². The molecule has 0 bridgehead atoms. The lowest BCUT2D eigenvalue weighted by Gasteiger charge is -2.29. The Kier molecular flexibility index (Phi) is 3.97. The van der Waals surface area contributed by atoms with Gasteiger partial charge in [0.15, 0.2) is 9.84 Å². The van der Waals surface area contributed by atoms with Gasteiger partial charge in [-0.3, -0.25) is 0 Å². The van der Waals surface area contributed by atoms with Gasteiger partial charge in [0.05, 0.1) is 9.92 Å². The van der Waals surface area contributed by atoms with Crippen molar-refractivity contribution >= 4 is 21.4 Å². The van der Waals surface area contributed by atoms with Crippen LogP contribution in [0, 0.1) is 5.82 Å². The van der Waals surface area contributed by atoms with Gasteiger partial charge in [-0.15, -0.1) is 0 Å². The fourth-order valence-electron chi connectivity index (χ4n) is 2.88. The molecule has 1 aromatic heterocycles. The first kappa shape index (κ1) is 17.3. The molecule has 1 atom stereocenters. The molecule has 0 saturated heterocycles. The fourth-order valence-corrected chi connectivity index (χ4v) is 3.98. The Morgan fingerprint density at radius 1 is 1.38 bits per heavy atom. The first-order valence-corrected chi connectivity index (χ1v) is 9.25. The molecule has 0 radical (unpaired) electrons. The number of benzene rings is 1. The summed E-state index contributed by atoms with van der Waals surface area (Å²) in [6, 6.07) is 3.72. The van der Waals surface area contributed by atoms with Gasteiger partial charge in [-0.2, -0.15) is 0 Å². The number of nitrogens with zero attached hydrogens (tertiary/aromatic N) is 1. The minimum atomic E-state index is -3.85. The topological polar surface area (TPSA) is 59.3 Å². The van der Waals surface area contributed by atoms with Crippen molar-refractivity contribution in [2.75, 3.05) is 6.26 Å². The minimum Gasteiger partial charge on any atom is -0.382 e. The van der Waals surface area contributed by atoms with Crippen LogP contribution >= 0.6 is 11.6 Å². The van der Waals surface area contributed by atoms with Crippen molar-refractivity contribution < 1.29 is 26.7 Å². The van der Waals surface area contributed by atoms with Crippen LogP contribution in [0.2, 0.25) is 5.02 Å². The summed E-state index contributed by atoms with van der Waals surface area (Å²) in [6.07, 6.45) is -0.936.